The van der Waals surface area contributed by atoms with Crippen molar-refractivity contribution in [1.29, 1.82) is 0 Å². The van der Waals surface area contributed by atoms with E-state index in [-0.39, 0.29) is 30.2 Å². The van der Waals surface area contributed by atoms with E-state index < -0.39 is 0 Å². The van der Waals surface area contributed by atoms with Gasteiger partial charge in [-0.2, -0.15) is 0 Å². The summed E-state index contributed by atoms with van der Waals surface area (Å²) in [6, 6.07) is 15.5. The van der Waals surface area contributed by atoms with Crippen LogP contribution in [0.2, 0.25) is 0 Å². The Morgan fingerprint density at radius 2 is 1.62 bits per heavy atom. The zero-order valence-electron chi connectivity index (χ0n) is 19.0. The number of rotatable bonds is 6. The summed E-state index contributed by atoms with van der Waals surface area (Å²) in [6.45, 7) is 4.97. The molecule has 2 aromatic carbocycles. The topological polar surface area (TPSA) is 69.7 Å². The third kappa shape index (κ3) is 6.06. The van der Waals surface area contributed by atoms with Crippen molar-refractivity contribution in [2.45, 2.75) is 26.7 Å². The van der Waals surface area contributed by atoms with Crippen molar-refractivity contribution in [2.75, 3.05) is 32.0 Å². The van der Waals surface area contributed by atoms with Crippen LogP contribution in [0.25, 0.3) is 6.08 Å². The normalized spacial score (nSPS) is 14.4. The number of carbonyl (C=O) groups is 3. The van der Waals surface area contributed by atoms with Crippen molar-refractivity contribution in [3.05, 3.63) is 71.3 Å². The number of piperidine rings is 1. The van der Waals surface area contributed by atoms with Crippen molar-refractivity contribution in [3.8, 4) is 0 Å². The van der Waals surface area contributed by atoms with Gasteiger partial charge in [0.15, 0.2) is 0 Å². The molecule has 0 aromatic heterocycles. The maximum atomic E-state index is 12.8. The third-order valence-electron chi connectivity index (χ3n) is 5.88. The van der Waals surface area contributed by atoms with Crippen LogP contribution in [0.5, 0.6) is 0 Å². The van der Waals surface area contributed by atoms with E-state index in [1.54, 1.807) is 18.0 Å². The molecule has 3 amide bonds. The summed E-state index contributed by atoms with van der Waals surface area (Å²) >= 11 is 0. The average Bonchev–Trinajstić information content (AvgIpc) is 2.80. The number of nitrogens with one attached hydrogen (secondary N) is 1. The number of anilines is 1. The van der Waals surface area contributed by atoms with Crippen molar-refractivity contribution >= 4 is 29.5 Å². The van der Waals surface area contributed by atoms with Crippen molar-refractivity contribution < 1.29 is 14.4 Å². The van der Waals surface area contributed by atoms with E-state index >= 15 is 0 Å². The van der Waals surface area contributed by atoms with Gasteiger partial charge in [0, 0.05) is 37.8 Å². The van der Waals surface area contributed by atoms with Crippen LogP contribution >= 0.6 is 0 Å². The summed E-state index contributed by atoms with van der Waals surface area (Å²) in [5.41, 5.74) is 3.76. The summed E-state index contributed by atoms with van der Waals surface area (Å²) < 4.78 is 0. The predicted octanol–water partition coefficient (Wildman–Crippen LogP) is 3.65. The SMILES string of the molecule is Cc1cccc(C)c1NC(=O)CN(C)C(=O)C1CCN(C(=O)/C=C/c2ccccc2)CC1. The number of benzene rings is 2. The molecule has 32 heavy (non-hydrogen) atoms. The second kappa shape index (κ2) is 10.8. The van der Waals surface area contributed by atoms with Crippen LogP contribution in [0.4, 0.5) is 5.69 Å². The number of hydrogen-bond donors (Lipinski definition) is 1. The number of hydrogen-bond acceptors (Lipinski definition) is 3. The minimum Gasteiger partial charge on any atom is -0.339 e. The molecule has 6 nitrogen and oxygen atoms in total. The number of nitrogens with zero attached hydrogens (tertiary/aromatic N) is 2. The van der Waals surface area contributed by atoms with Crippen LogP contribution in [0.1, 0.15) is 29.5 Å². The summed E-state index contributed by atoms with van der Waals surface area (Å²) in [4.78, 5) is 41.0. The number of aryl methyl sites for hydroxylation is 2. The fourth-order valence-electron chi connectivity index (χ4n) is 3.98. The Morgan fingerprint density at radius 1 is 1.00 bits per heavy atom. The van der Waals surface area contributed by atoms with Gasteiger partial charge in [-0.25, -0.2) is 0 Å². The van der Waals surface area contributed by atoms with E-state index in [4.69, 9.17) is 0 Å². The number of para-hydroxylation sites is 1. The second-order valence-electron chi connectivity index (χ2n) is 8.35. The quantitative estimate of drug-likeness (QED) is 0.707. The van der Waals surface area contributed by atoms with Crippen molar-refractivity contribution in [1.82, 2.24) is 9.80 Å². The molecule has 0 saturated carbocycles. The maximum absolute atomic E-state index is 12.8. The van der Waals surface area contributed by atoms with Gasteiger partial charge < -0.3 is 15.1 Å². The lowest BCUT2D eigenvalue weighted by atomic mass is 9.95. The summed E-state index contributed by atoms with van der Waals surface area (Å²) in [7, 11) is 1.66. The van der Waals surface area contributed by atoms with Crippen LogP contribution in [-0.4, -0.2) is 54.2 Å². The summed E-state index contributed by atoms with van der Waals surface area (Å²) in [6.07, 6.45) is 4.60. The highest BCUT2D eigenvalue weighted by molar-refractivity contribution is 5.96. The molecule has 1 aliphatic heterocycles. The predicted molar refractivity (Wildman–Crippen MR) is 127 cm³/mol. The molecular weight excluding hydrogens is 402 g/mol. The van der Waals surface area contributed by atoms with Gasteiger partial charge in [-0.15, -0.1) is 0 Å². The lowest BCUT2D eigenvalue weighted by Gasteiger charge is -2.32. The molecule has 168 valence electrons. The summed E-state index contributed by atoms with van der Waals surface area (Å²) in [5.74, 6) is -0.471. The molecule has 0 spiro atoms. The van der Waals surface area contributed by atoms with Gasteiger partial charge in [0.25, 0.3) is 0 Å². The Kier molecular flexibility index (Phi) is 7.82. The molecule has 2 aromatic rings. The first-order chi connectivity index (χ1) is 15.3. The molecule has 1 N–H and O–H groups in total. The van der Waals surface area contributed by atoms with Crippen LogP contribution in [0.15, 0.2) is 54.6 Å². The molecule has 6 heteroatoms. The van der Waals surface area contributed by atoms with E-state index in [9.17, 15) is 14.4 Å². The lowest BCUT2D eigenvalue weighted by Crippen LogP contribution is -2.44. The molecule has 0 bridgehead atoms. The highest BCUT2D eigenvalue weighted by Crippen LogP contribution is 2.21. The van der Waals surface area contributed by atoms with Gasteiger partial charge in [0.1, 0.15) is 0 Å². The molecule has 1 saturated heterocycles. The van der Waals surface area contributed by atoms with Gasteiger partial charge in [0.2, 0.25) is 17.7 Å². The van der Waals surface area contributed by atoms with Gasteiger partial charge in [-0.05, 0) is 49.5 Å². The van der Waals surface area contributed by atoms with Crippen molar-refractivity contribution in [2.24, 2.45) is 5.92 Å². The Hall–Kier alpha value is -3.41. The average molecular weight is 434 g/mol. The number of likely N-dealkylation sites (N-methyl/N-ethyl adjacent to an activating group) is 1. The highest BCUT2D eigenvalue weighted by Gasteiger charge is 2.29. The molecule has 3 rings (SSSR count). The van der Waals surface area contributed by atoms with Gasteiger partial charge >= 0.3 is 0 Å². The zero-order chi connectivity index (χ0) is 23.1. The first-order valence-corrected chi connectivity index (χ1v) is 11.0. The van der Waals surface area contributed by atoms with E-state index in [1.165, 1.54) is 4.90 Å². The van der Waals surface area contributed by atoms with Crippen LogP contribution in [0, 0.1) is 19.8 Å². The minimum absolute atomic E-state index is 0.00552. The Balaban J connectivity index is 1.47. The van der Waals surface area contributed by atoms with E-state index in [1.807, 2.05) is 68.5 Å². The maximum Gasteiger partial charge on any atom is 0.246 e. The minimum atomic E-state index is -0.211. The van der Waals surface area contributed by atoms with E-state index in [2.05, 4.69) is 5.32 Å². The molecule has 0 unspecified atom stereocenters. The zero-order valence-corrected chi connectivity index (χ0v) is 19.0. The van der Waals surface area contributed by atoms with Crippen LogP contribution < -0.4 is 5.32 Å². The third-order valence-corrected chi connectivity index (χ3v) is 5.88. The molecule has 1 aliphatic rings. The molecule has 0 radical (unpaired) electrons. The number of likely N-dealkylation sites (tertiary alicyclic amines) is 1. The highest BCUT2D eigenvalue weighted by atomic mass is 16.2. The lowest BCUT2D eigenvalue weighted by molar-refractivity contribution is -0.140. The first kappa shape index (κ1) is 23.3. The Bertz CT molecular complexity index is 972. The largest absolute Gasteiger partial charge is 0.339 e. The van der Waals surface area contributed by atoms with Gasteiger partial charge in [0.05, 0.1) is 6.54 Å². The molecule has 0 aliphatic carbocycles. The number of amides is 3. The van der Waals surface area contributed by atoms with Gasteiger partial charge in [-0.3, -0.25) is 14.4 Å². The van der Waals surface area contributed by atoms with E-state index in [0.29, 0.717) is 25.9 Å². The number of carbonyl (C=O) groups excluding carboxylic acids is 3. The molecule has 0 atom stereocenters. The Labute approximate surface area is 189 Å². The Morgan fingerprint density at radius 3 is 2.25 bits per heavy atom. The van der Waals surface area contributed by atoms with Crippen LogP contribution in [-0.2, 0) is 14.4 Å². The second-order valence-corrected chi connectivity index (χ2v) is 8.35. The van der Waals surface area contributed by atoms with Crippen molar-refractivity contribution in [3.63, 3.8) is 0 Å². The smallest absolute Gasteiger partial charge is 0.246 e. The monoisotopic (exact) mass is 433 g/mol. The first-order valence-electron chi connectivity index (χ1n) is 11.0. The molecular formula is C26H31N3O3. The molecule has 1 heterocycles. The van der Waals surface area contributed by atoms with Crippen LogP contribution in [0.3, 0.4) is 0 Å². The molecule has 1 fully saturated rings. The fourth-order valence-corrected chi connectivity index (χ4v) is 3.98. The standard InChI is InChI=1S/C26H31N3O3/c1-19-8-7-9-20(2)25(19)27-23(30)18-28(3)26(32)22-14-16-29(17-15-22)24(31)13-12-21-10-5-4-6-11-21/h4-13,22H,14-18H2,1-3H3,(H,27,30)/b13-12+. The summed E-state index contributed by atoms with van der Waals surface area (Å²) in [5, 5.41) is 2.92. The van der Waals surface area contributed by atoms with Gasteiger partial charge in [-0.1, -0.05) is 48.5 Å². The fraction of sp³-hybridized carbons (Fsp3) is 0.346. The van der Waals surface area contributed by atoms with E-state index in [0.717, 1.165) is 22.4 Å².